The van der Waals surface area contributed by atoms with Crippen LogP contribution in [0.5, 0.6) is 5.75 Å². The van der Waals surface area contributed by atoms with E-state index in [1.165, 1.54) is 24.4 Å². The Bertz CT molecular complexity index is 1450. The molecule has 0 amide bonds. The Morgan fingerprint density at radius 3 is 2.17 bits per heavy atom. The minimum Gasteiger partial charge on any atom is -0.502 e. The van der Waals surface area contributed by atoms with Crippen LogP contribution in [-0.2, 0) is 0 Å². The molecule has 0 aliphatic carbocycles. The van der Waals surface area contributed by atoms with Crippen LogP contribution in [0.25, 0.3) is 0 Å². The Hall–Kier alpha value is -5.06. The number of rotatable bonds is 8. The van der Waals surface area contributed by atoms with Crippen molar-refractivity contribution in [2.75, 3.05) is 15.2 Å². The molecule has 0 unspecified atom stereocenters. The van der Waals surface area contributed by atoms with Gasteiger partial charge in [-0.05, 0) is 63.4 Å². The standard InChI is InChI=1S/C29H30N8O3/c1-20-11-9-12-21(2)35(20)28-31-27(34-30-19-22-13-10-18-25(26(22)38)37(39)40)32-29(33-28)36(23-14-5-3-6-15-23)24-16-7-4-8-17-24/h3-8,10,13-21,38H,9,11-12H2,1-2H3,(H,31,32,33,34)/b30-19-/t20-,21-/m1/s1. The number of hydrogen-bond donors (Lipinski definition) is 2. The van der Waals surface area contributed by atoms with Crippen molar-refractivity contribution in [3.8, 4) is 5.75 Å². The summed E-state index contributed by atoms with van der Waals surface area (Å²) in [4.78, 5) is 29.1. The van der Waals surface area contributed by atoms with Crippen molar-refractivity contribution in [1.29, 1.82) is 0 Å². The average Bonchev–Trinajstić information content (AvgIpc) is 2.95. The molecule has 204 valence electrons. The molecule has 11 heteroatoms. The van der Waals surface area contributed by atoms with E-state index in [0.29, 0.717) is 11.9 Å². The van der Waals surface area contributed by atoms with Gasteiger partial charge in [0.15, 0.2) is 0 Å². The van der Waals surface area contributed by atoms with Crippen LogP contribution in [0, 0.1) is 10.1 Å². The molecule has 5 rings (SSSR count). The van der Waals surface area contributed by atoms with E-state index in [0.717, 1.165) is 30.6 Å². The molecule has 0 spiro atoms. The Labute approximate surface area is 232 Å². The number of nitrogens with one attached hydrogen (secondary N) is 1. The zero-order chi connectivity index (χ0) is 28.1. The lowest BCUT2D eigenvalue weighted by Gasteiger charge is -2.39. The number of anilines is 5. The molecule has 11 nitrogen and oxygen atoms in total. The lowest BCUT2D eigenvalue weighted by atomic mass is 9.98. The van der Waals surface area contributed by atoms with Crippen molar-refractivity contribution in [1.82, 2.24) is 15.0 Å². The highest BCUT2D eigenvalue weighted by atomic mass is 16.6. The van der Waals surface area contributed by atoms with Gasteiger partial charge in [-0.2, -0.15) is 20.1 Å². The maximum atomic E-state index is 11.2. The molecule has 40 heavy (non-hydrogen) atoms. The number of phenols is 1. The minimum atomic E-state index is -0.646. The number of aromatic nitrogens is 3. The number of para-hydroxylation sites is 3. The first-order chi connectivity index (χ1) is 19.4. The van der Waals surface area contributed by atoms with Crippen LogP contribution in [0.3, 0.4) is 0 Å². The second kappa shape index (κ2) is 11.8. The molecule has 1 aromatic heterocycles. The minimum absolute atomic E-state index is 0.185. The van der Waals surface area contributed by atoms with Crippen molar-refractivity contribution < 1.29 is 10.0 Å². The zero-order valence-corrected chi connectivity index (χ0v) is 22.3. The lowest BCUT2D eigenvalue weighted by Crippen LogP contribution is -2.45. The Kier molecular flexibility index (Phi) is 7.81. The smallest absolute Gasteiger partial charge is 0.311 e. The molecule has 1 aliphatic heterocycles. The van der Waals surface area contributed by atoms with Gasteiger partial charge in [-0.1, -0.05) is 42.5 Å². The monoisotopic (exact) mass is 538 g/mol. The van der Waals surface area contributed by atoms with Crippen molar-refractivity contribution in [2.45, 2.75) is 45.2 Å². The summed E-state index contributed by atoms with van der Waals surface area (Å²) in [6.07, 6.45) is 4.49. The van der Waals surface area contributed by atoms with Gasteiger partial charge in [-0.25, -0.2) is 5.43 Å². The molecule has 3 aromatic carbocycles. The van der Waals surface area contributed by atoms with E-state index in [1.54, 1.807) is 0 Å². The largest absolute Gasteiger partial charge is 0.502 e. The van der Waals surface area contributed by atoms with Crippen molar-refractivity contribution in [2.24, 2.45) is 5.10 Å². The van der Waals surface area contributed by atoms with E-state index in [-0.39, 0.29) is 23.6 Å². The summed E-state index contributed by atoms with van der Waals surface area (Å²) in [6.45, 7) is 4.34. The second-order valence-electron chi connectivity index (χ2n) is 9.64. The first kappa shape index (κ1) is 26.5. The number of hydrogen-bond acceptors (Lipinski definition) is 10. The highest BCUT2D eigenvalue weighted by molar-refractivity contribution is 5.86. The number of nitrogens with zero attached hydrogens (tertiary/aromatic N) is 7. The van der Waals surface area contributed by atoms with E-state index >= 15 is 0 Å². The molecule has 0 radical (unpaired) electrons. The predicted octanol–water partition coefficient (Wildman–Crippen LogP) is 6.17. The molecule has 1 fully saturated rings. The van der Waals surface area contributed by atoms with Crippen molar-refractivity contribution in [3.63, 3.8) is 0 Å². The number of phenolic OH excluding ortho intramolecular Hbond substituents is 1. The maximum absolute atomic E-state index is 11.2. The van der Waals surface area contributed by atoms with Gasteiger partial charge in [0.1, 0.15) is 0 Å². The molecule has 4 aromatic rings. The summed E-state index contributed by atoms with van der Waals surface area (Å²) in [5.41, 5.74) is 4.39. The third-order valence-electron chi connectivity index (χ3n) is 6.88. The molecular weight excluding hydrogens is 508 g/mol. The molecule has 1 saturated heterocycles. The molecule has 2 heterocycles. The summed E-state index contributed by atoms with van der Waals surface area (Å²) in [5.74, 6) is 0.661. The van der Waals surface area contributed by atoms with Gasteiger partial charge in [0.05, 0.1) is 11.1 Å². The van der Waals surface area contributed by atoms with E-state index in [1.807, 2.05) is 65.6 Å². The van der Waals surface area contributed by atoms with Gasteiger partial charge in [0.25, 0.3) is 0 Å². The number of aromatic hydroxyl groups is 1. The van der Waals surface area contributed by atoms with Gasteiger partial charge in [0, 0.05) is 35.1 Å². The highest BCUT2D eigenvalue weighted by Crippen LogP contribution is 2.35. The predicted molar refractivity (Wildman–Crippen MR) is 156 cm³/mol. The van der Waals surface area contributed by atoms with Crippen LogP contribution >= 0.6 is 0 Å². The fourth-order valence-corrected chi connectivity index (χ4v) is 4.93. The molecule has 0 bridgehead atoms. The molecule has 2 atom stereocenters. The SMILES string of the molecule is C[C@@H]1CCC[C@@H](C)N1c1nc(N/N=C\c2cccc([N+](=O)[O-])c2O)nc(N(c2ccccc2)c2ccccc2)n1. The summed E-state index contributed by atoms with van der Waals surface area (Å²) in [5, 5.41) is 25.7. The Balaban J connectivity index is 1.58. The Morgan fingerprint density at radius 1 is 0.950 bits per heavy atom. The van der Waals surface area contributed by atoms with Crippen LogP contribution in [0.4, 0.5) is 34.9 Å². The first-order valence-corrected chi connectivity index (χ1v) is 13.1. The van der Waals surface area contributed by atoms with Crippen LogP contribution in [0.15, 0.2) is 84.0 Å². The number of nitro groups is 1. The maximum Gasteiger partial charge on any atom is 0.311 e. The lowest BCUT2D eigenvalue weighted by molar-refractivity contribution is -0.385. The van der Waals surface area contributed by atoms with E-state index < -0.39 is 16.4 Å². The summed E-state index contributed by atoms with van der Waals surface area (Å²) in [7, 11) is 0. The van der Waals surface area contributed by atoms with Crippen molar-refractivity contribution >= 4 is 41.1 Å². The molecule has 0 saturated carbocycles. The number of nitro benzene ring substituents is 1. The van der Waals surface area contributed by atoms with Gasteiger partial charge in [-0.15, -0.1) is 0 Å². The fraction of sp³-hybridized carbons (Fsp3) is 0.241. The summed E-state index contributed by atoms with van der Waals surface area (Å²) in [6, 6.07) is 24.4. The third kappa shape index (κ3) is 5.68. The van der Waals surface area contributed by atoms with Gasteiger partial charge < -0.3 is 10.0 Å². The van der Waals surface area contributed by atoms with Crippen LogP contribution in [0.1, 0.15) is 38.7 Å². The quantitative estimate of drug-likeness (QED) is 0.153. The molecule has 2 N–H and O–H groups in total. The van der Waals surface area contributed by atoms with Gasteiger partial charge in [0.2, 0.25) is 23.6 Å². The first-order valence-electron chi connectivity index (χ1n) is 13.1. The summed E-state index contributed by atoms with van der Waals surface area (Å²) < 4.78 is 0. The van der Waals surface area contributed by atoms with Crippen LogP contribution in [-0.4, -0.2) is 43.3 Å². The highest BCUT2D eigenvalue weighted by Gasteiger charge is 2.29. The summed E-state index contributed by atoms with van der Waals surface area (Å²) >= 11 is 0. The average molecular weight is 539 g/mol. The molecule has 1 aliphatic rings. The zero-order valence-electron chi connectivity index (χ0n) is 22.3. The number of hydrazone groups is 1. The van der Waals surface area contributed by atoms with Crippen LogP contribution in [0.2, 0.25) is 0 Å². The molecular formula is C29H30N8O3. The van der Waals surface area contributed by atoms with Crippen LogP contribution < -0.4 is 15.2 Å². The topological polar surface area (TPSA) is 133 Å². The van der Waals surface area contributed by atoms with Gasteiger partial charge >= 0.3 is 5.69 Å². The van der Waals surface area contributed by atoms with E-state index in [2.05, 4.69) is 29.3 Å². The van der Waals surface area contributed by atoms with Gasteiger partial charge in [-0.3, -0.25) is 15.0 Å². The third-order valence-corrected chi connectivity index (χ3v) is 6.88. The number of piperidine rings is 1. The number of benzene rings is 3. The Morgan fingerprint density at radius 2 is 1.57 bits per heavy atom. The van der Waals surface area contributed by atoms with E-state index in [9.17, 15) is 15.2 Å². The fourth-order valence-electron chi connectivity index (χ4n) is 4.93. The van der Waals surface area contributed by atoms with E-state index in [4.69, 9.17) is 15.0 Å². The second-order valence-corrected chi connectivity index (χ2v) is 9.64. The van der Waals surface area contributed by atoms with Crippen molar-refractivity contribution in [3.05, 3.63) is 94.5 Å². The normalized spacial score (nSPS) is 17.1.